The van der Waals surface area contributed by atoms with Gasteiger partial charge in [0.05, 0.1) is 21.3 Å². The summed E-state index contributed by atoms with van der Waals surface area (Å²) in [7, 11) is 4.41. The Morgan fingerprint density at radius 2 is 1.54 bits per heavy atom. The van der Waals surface area contributed by atoms with Crippen molar-refractivity contribution in [2.45, 2.75) is 51.2 Å². The Morgan fingerprint density at radius 3 is 2.12 bits per heavy atom. The molecule has 0 bridgehead atoms. The zero-order valence-corrected chi connectivity index (χ0v) is 15.8. The van der Waals surface area contributed by atoms with E-state index in [2.05, 4.69) is 5.32 Å². The quantitative estimate of drug-likeness (QED) is 0.748. The lowest BCUT2D eigenvalue weighted by atomic mass is 9.95. The number of methoxy groups -OCH3 is 3. The first-order chi connectivity index (χ1) is 12.5. The van der Waals surface area contributed by atoms with Gasteiger partial charge in [-0.3, -0.25) is 4.79 Å². The summed E-state index contributed by atoms with van der Waals surface area (Å²) in [5.74, 6) is 0.148. The van der Waals surface area contributed by atoms with Crippen molar-refractivity contribution in [3.05, 3.63) is 17.7 Å². The fraction of sp³-hybridized carbons (Fsp3) is 0.579. The van der Waals surface area contributed by atoms with Gasteiger partial charge in [-0.15, -0.1) is 0 Å². The molecule has 1 aromatic rings. The molecule has 0 heterocycles. The fourth-order valence-electron chi connectivity index (χ4n) is 3.03. The Morgan fingerprint density at radius 1 is 0.962 bits per heavy atom. The molecule has 1 N–H and O–H groups in total. The monoisotopic (exact) mass is 365 g/mol. The molecular weight excluding hydrogens is 338 g/mol. The second-order valence-corrected chi connectivity index (χ2v) is 6.30. The second-order valence-electron chi connectivity index (χ2n) is 6.30. The van der Waals surface area contributed by atoms with Gasteiger partial charge in [0.1, 0.15) is 11.3 Å². The van der Waals surface area contributed by atoms with Crippen LogP contribution >= 0.6 is 0 Å². The first-order valence-corrected chi connectivity index (χ1v) is 8.81. The molecule has 0 spiro atoms. The van der Waals surface area contributed by atoms with Gasteiger partial charge in [0, 0.05) is 18.2 Å². The summed E-state index contributed by atoms with van der Waals surface area (Å²) in [6.45, 7) is 1.56. The van der Waals surface area contributed by atoms with Crippen molar-refractivity contribution in [3.63, 3.8) is 0 Å². The topological polar surface area (TPSA) is 83.1 Å². The first kappa shape index (κ1) is 19.9. The highest BCUT2D eigenvalue weighted by molar-refractivity contribution is 5.95. The van der Waals surface area contributed by atoms with Crippen LogP contribution in [-0.2, 0) is 9.53 Å². The van der Waals surface area contributed by atoms with E-state index in [4.69, 9.17) is 18.9 Å². The molecule has 144 valence electrons. The average molecular weight is 365 g/mol. The summed E-state index contributed by atoms with van der Waals surface area (Å²) in [6.07, 6.45) is 4.47. The maximum atomic E-state index is 12.5. The average Bonchev–Trinajstić information content (AvgIpc) is 2.67. The van der Waals surface area contributed by atoms with Gasteiger partial charge in [0.2, 0.25) is 0 Å². The second kappa shape index (κ2) is 9.31. The molecule has 0 radical (unpaired) electrons. The summed E-state index contributed by atoms with van der Waals surface area (Å²) >= 11 is 0. The minimum atomic E-state index is -0.901. The van der Waals surface area contributed by atoms with E-state index >= 15 is 0 Å². The van der Waals surface area contributed by atoms with Crippen LogP contribution in [0.25, 0.3) is 0 Å². The lowest BCUT2D eigenvalue weighted by Crippen LogP contribution is -2.42. The van der Waals surface area contributed by atoms with E-state index in [1.807, 2.05) is 0 Å². The maximum absolute atomic E-state index is 12.5. The van der Waals surface area contributed by atoms with E-state index in [0.29, 0.717) is 11.5 Å². The van der Waals surface area contributed by atoms with Crippen LogP contribution in [0.2, 0.25) is 0 Å². The predicted octanol–water partition coefficient (Wildman–Crippen LogP) is 2.71. The number of esters is 1. The van der Waals surface area contributed by atoms with E-state index < -0.39 is 12.1 Å². The number of ether oxygens (including phenoxy) is 4. The van der Waals surface area contributed by atoms with Gasteiger partial charge < -0.3 is 24.3 Å². The van der Waals surface area contributed by atoms with E-state index in [9.17, 15) is 9.59 Å². The maximum Gasteiger partial charge on any atom is 0.342 e. The van der Waals surface area contributed by atoms with Crippen LogP contribution in [0.15, 0.2) is 12.1 Å². The molecule has 1 aliphatic carbocycles. The fourth-order valence-corrected chi connectivity index (χ4v) is 3.03. The lowest BCUT2D eigenvalue weighted by Gasteiger charge is -2.24. The van der Waals surface area contributed by atoms with Gasteiger partial charge in [-0.2, -0.15) is 0 Å². The van der Waals surface area contributed by atoms with Crippen LogP contribution < -0.4 is 19.5 Å². The summed E-state index contributed by atoms with van der Waals surface area (Å²) in [5, 5.41) is 2.95. The van der Waals surface area contributed by atoms with Crippen LogP contribution in [0.1, 0.15) is 49.4 Å². The predicted molar refractivity (Wildman–Crippen MR) is 96.0 cm³/mol. The van der Waals surface area contributed by atoms with E-state index in [1.54, 1.807) is 13.0 Å². The Labute approximate surface area is 153 Å². The molecular formula is C19H27NO6. The summed E-state index contributed by atoms with van der Waals surface area (Å²) in [4.78, 5) is 24.8. The van der Waals surface area contributed by atoms with E-state index in [0.717, 1.165) is 25.7 Å². The van der Waals surface area contributed by atoms with Gasteiger partial charge in [-0.1, -0.05) is 19.3 Å². The minimum Gasteiger partial charge on any atom is -0.496 e. The standard InChI is InChI=1S/C19H27NO6/c1-12(18(21)20-13-8-6-5-7-9-13)26-19(22)14-10-16(24-3)17(25-4)11-15(14)23-2/h10-13H,5-9H2,1-4H3,(H,20,21)/t12-/m0/s1. The zero-order valence-electron chi connectivity index (χ0n) is 15.8. The minimum absolute atomic E-state index is 0.160. The number of nitrogens with one attached hydrogen (secondary N) is 1. The highest BCUT2D eigenvalue weighted by Gasteiger charge is 2.25. The van der Waals surface area contributed by atoms with Gasteiger partial charge in [-0.25, -0.2) is 4.79 Å². The van der Waals surface area contributed by atoms with Crippen molar-refractivity contribution in [1.82, 2.24) is 5.32 Å². The smallest absolute Gasteiger partial charge is 0.342 e. The van der Waals surface area contributed by atoms with Gasteiger partial charge in [0.15, 0.2) is 17.6 Å². The molecule has 0 unspecified atom stereocenters. The molecule has 26 heavy (non-hydrogen) atoms. The number of hydrogen-bond acceptors (Lipinski definition) is 6. The third-order valence-corrected chi connectivity index (χ3v) is 4.53. The van der Waals surface area contributed by atoms with Crippen molar-refractivity contribution in [1.29, 1.82) is 0 Å². The Hall–Kier alpha value is -2.44. The van der Waals surface area contributed by atoms with E-state index in [1.165, 1.54) is 33.8 Å². The summed E-state index contributed by atoms with van der Waals surface area (Å²) in [5.41, 5.74) is 0.169. The Bertz CT molecular complexity index is 639. The normalized spacial score (nSPS) is 15.7. The third kappa shape index (κ3) is 4.80. The molecule has 1 saturated carbocycles. The molecule has 2 rings (SSSR count). The van der Waals surface area contributed by atoms with E-state index in [-0.39, 0.29) is 23.3 Å². The zero-order chi connectivity index (χ0) is 19.1. The number of carbonyl (C=O) groups excluding carboxylic acids is 2. The molecule has 1 fully saturated rings. The number of hydrogen-bond donors (Lipinski definition) is 1. The summed E-state index contributed by atoms with van der Waals surface area (Å²) < 4.78 is 21.0. The van der Waals surface area contributed by atoms with Crippen molar-refractivity contribution in [3.8, 4) is 17.2 Å². The van der Waals surface area contributed by atoms with Gasteiger partial charge in [0.25, 0.3) is 5.91 Å². The molecule has 1 amide bonds. The number of carbonyl (C=O) groups is 2. The molecule has 1 aliphatic rings. The van der Waals surface area contributed by atoms with Crippen LogP contribution in [0, 0.1) is 0 Å². The van der Waals surface area contributed by atoms with Crippen molar-refractivity contribution < 1.29 is 28.5 Å². The SMILES string of the molecule is COc1cc(OC)c(C(=O)O[C@@H](C)C(=O)NC2CCCCC2)cc1OC. The van der Waals surface area contributed by atoms with Crippen LogP contribution in [0.3, 0.4) is 0 Å². The molecule has 7 heteroatoms. The van der Waals surface area contributed by atoms with Crippen LogP contribution in [0.4, 0.5) is 0 Å². The molecule has 1 atom stereocenters. The number of amides is 1. The first-order valence-electron chi connectivity index (χ1n) is 8.81. The third-order valence-electron chi connectivity index (χ3n) is 4.53. The van der Waals surface area contributed by atoms with Crippen molar-refractivity contribution in [2.75, 3.05) is 21.3 Å². The Kier molecular flexibility index (Phi) is 7.12. The summed E-state index contributed by atoms with van der Waals surface area (Å²) in [6, 6.07) is 3.18. The number of benzene rings is 1. The highest BCUT2D eigenvalue weighted by Crippen LogP contribution is 2.35. The number of rotatable bonds is 7. The Balaban J connectivity index is 2.06. The van der Waals surface area contributed by atoms with Crippen LogP contribution in [0.5, 0.6) is 17.2 Å². The molecule has 1 aromatic carbocycles. The van der Waals surface area contributed by atoms with Crippen molar-refractivity contribution in [2.24, 2.45) is 0 Å². The largest absolute Gasteiger partial charge is 0.496 e. The van der Waals surface area contributed by atoms with Crippen molar-refractivity contribution >= 4 is 11.9 Å². The molecule has 0 aliphatic heterocycles. The van der Waals surface area contributed by atoms with Gasteiger partial charge in [-0.05, 0) is 19.8 Å². The van der Waals surface area contributed by atoms with Gasteiger partial charge >= 0.3 is 5.97 Å². The van der Waals surface area contributed by atoms with Crippen LogP contribution in [-0.4, -0.2) is 45.4 Å². The molecule has 0 saturated heterocycles. The molecule has 7 nitrogen and oxygen atoms in total. The molecule has 0 aromatic heterocycles. The highest BCUT2D eigenvalue weighted by atomic mass is 16.6. The lowest BCUT2D eigenvalue weighted by molar-refractivity contribution is -0.130.